The van der Waals surface area contributed by atoms with Gasteiger partial charge in [-0.2, -0.15) is 0 Å². The van der Waals surface area contributed by atoms with Crippen molar-refractivity contribution >= 4 is 0 Å². The maximum atomic E-state index is 5.51. The molecular formula is C18H28N2O. The molecule has 2 fully saturated rings. The van der Waals surface area contributed by atoms with Crippen LogP contribution in [0.1, 0.15) is 37.8 Å². The number of rotatable bonds is 7. The number of benzene rings is 1. The van der Waals surface area contributed by atoms with Crippen LogP contribution < -0.4 is 5.32 Å². The molecule has 3 heteroatoms. The van der Waals surface area contributed by atoms with Crippen LogP contribution in [0.5, 0.6) is 0 Å². The third-order valence-corrected chi connectivity index (χ3v) is 4.77. The lowest BCUT2D eigenvalue weighted by Crippen LogP contribution is -2.54. The molecular weight excluding hydrogens is 260 g/mol. The number of piperazine rings is 1. The van der Waals surface area contributed by atoms with Gasteiger partial charge in [-0.3, -0.25) is 4.90 Å². The summed E-state index contributed by atoms with van der Waals surface area (Å²) in [5.41, 5.74) is 1.42. The summed E-state index contributed by atoms with van der Waals surface area (Å²) in [4.78, 5) is 2.71. The van der Waals surface area contributed by atoms with Crippen LogP contribution in [0.4, 0.5) is 0 Å². The molecule has 3 nitrogen and oxygen atoms in total. The van der Waals surface area contributed by atoms with Crippen molar-refractivity contribution in [3.63, 3.8) is 0 Å². The van der Waals surface area contributed by atoms with Crippen molar-refractivity contribution in [2.75, 3.05) is 32.8 Å². The predicted octanol–water partition coefficient (Wildman–Crippen LogP) is 2.84. The SMILES string of the molecule is CCOCCCN1CC(c2ccccc2)NCC1C1CC1. The van der Waals surface area contributed by atoms with Gasteiger partial charge in [0.15, 0.2) is 0 Å². The molecule has 2 atom stereocenters. The monoisotopic (exact) mass is 288 g/mol. The second kappa shape index (κ2) is 7.39. The summed E-state index contributed by atoms with van der Waals surface area (Å²) in [6, 6.07) is 12.1. The molecule has 2 unspecified atom stereocenters. The number of nitrogens with zero attached hydrogens (tertiary/aromatic N) is 1. The van der Waals surface area contributed by atoms with Crippen molar-refractivity contribution in [2.45, 2.75) is 38.3 Å². The fourth-order valence-electron chi connectivity index (χ4n) is 3.45. The molecule has 0 aromatic heterocycles. The van der Waals surface area contributed by atoms with E-state index in [1.807, 2.05) is 0 Å². The van der Waals surface area contributed by atoms with Crippen LogP contribution in [-0.2, 0) is 4.74 Å². The molecule has 2 aliphatic rings. The van der Waals surface area contributed by atoms with Crippen LogP contribution >= 0.6 is 0 Å². The van der Waals surface area contributed by atoms with Crippen molar-refractivity contribution in [1.29, 1.82) is 0 Å². The highest BCUT2D eigenvalue weighted by Crippen LogP contribution is 2.37. The Morgan fingerprint density at radius 3 is 2.76 bits per heavy atom. The summed E-state index contributed by atoms with van der Waals surface area (Å²) in [5, 5.41) is 3.77. The summed E-state index contributed by atoms with van der Waals surface area (Å²) in [5.74, 6) is 0.932. The predicted molar refractivity (Wildman–Crippen MR) is 86.4 cm³/mol. The van der Waals surface area contributed by atoms with E-state index >= 15 is 0 Å². The van der Waals surface area contributed by atoms with E-state index in [1.165, 1.54) is 24.9 Å². The van der Waals surface area contributed by atoms with E-state index in [9.17, 15) is 0 Å². The Hall–Kier alpha value is -0.900. The lowest BCUT2D eigenvalue weighted by molar-refractivity contribution is 0.0884. The quantitative estimate of drug-likeness (QED) is 0.781. The largest absolute Gasteiger partial charge is 0.382 e. The summed E-state index contributed by atoms with van der Waals surface area (Å²) in [7, 11) is 0. The second-order valence-electron chi connectivity index (χ2n) is 6.32. The maximum Gasteiger partial charge on any atom is 0.0478 e. The first-order chi connectivity index (χ1) is 10.4. The number of ether oxygens (including phenoxy) is 1. The van der Waals surface area contributed by atoms with Crippen molar-refractivity contribution < 1.29 is 4.74 Å². The molecule has 3 rings (SSSR count). The molecule has 1 aromatic carbocycles. The van der Waals surface area contributed by atoms with Gasteiger partial charge < -0.3 is 10.1 Å². The van der Waals surface area contributed by atoms with E-state index in [1.54, 1.807) is 0 Å². The zero-order valence-electron chi connectivity index (χ0n) is 13.1. The highest BCUT2D eigenvalue weighted by molar-refractivity contribution is 5.20. The van der Waals surface area contributed by atoms with Crippen LogP contribution in [0.15, 0.2) is 30.3 Å². The smallest absolute Gasteiger partial charge is 0.0478 e. The molecule has 0 radical (unpaired) electrons. The molecule has 1 heterocycles. The van der Waals surface area contributed by atoms with Crippen molar-refractivity contribution in [3.8, 4) is 0 Å². The Kier molecular flexibility index (Phi) is 5.28. The first kappa shape index (κ1) is 15.0. The van der Waals surface area contributed by atoms with Gasteiger partial charge in [0.2, 0.25) is 0 Å². The molecule has 21 heavy (non-hydrogen) atoms. The van der Waals surface area contributed by atoms with Gasteiger partial charge in [-0.1, -0.05) is 30.3 Å². The van der Waals surface area contributed by atoms with Crippen molar-refractivity contribution in [2.24, 2.45) is 5.92 Å². The van der Waals surface area contributed by atoms with Crippen LogP contribution in [0.25, 0.3) is 0 Å². The molecule has 1 saturated carbocycles. The number of nitrogens with one attached hydrogen (secondary N) is 1. The first-order valence-electron chi connectivity index (χ1n) is 8.48. The number of hydrogen-bond acceptors (Lipinski definition) is 3. The maximum absolute atomic E-state index is 5.51. The Bertz CT molecular complexity index is 418. The Balaban J connectivity index is 1.58. The Morgan fingerprint density at radius 1 is 1.24 bits per heavy atom. The third kappa shape index (κ3) is 4.06. The van der Waals surface area contributed by atoms with E-state index in [0.717, 1.165) is 44.7 Å². The molecule has 116 valence electrons. The highest BCUT2D eigenvalue weighted by atomic mass is 16.5. The zero-order valence-corrected chi connectivity index (χ0v) is 13.1. The molecule has 0 amide bonds. The van der Waals surface area contributed by atoms with Crippen molar-refractivity contribution in [3.05, 3.63) is 35.9 Å². The average Bonchev–Trinajstić information content (AvgIpc) is 3.37. The van der Waals surface area contributed by atoms with E-state index in [0.29, 0.717) is 6.04 Å². The highest BCUT2D eigenvalue weighted by Gasteiger charge is 2.38. The lowest BCUT2D eigenvalue weighted by atomic mass is 9.99. The van der Waals surface area contributed by atoms with Crippen LogP contribution in [0.3, 0.4) is 0 Å². The van der Waals surface area contributed by atoms with Crippen LogP contribution in [0, 0.1) is 5.92 Å². The minimum Gasteiger partial charge on any atom is -0.382 e. The van der Waals surface area contributed by atoms with Crippen LogP contribution in [-0.4, -0.2) is 43.8 Å². The van der Waals surface area contributed by atoms with E-state index in [-0.39, 0.29) is 0 Å². The van der Waals surface area contributed by atoms with E-state index < -0.39 is 0 Å². The fraction of sp³-hybridized carbons (Fsp3) is 0.667. The van der Waals surface area contributed by atoms with Gasteiger partial charge in [-0.15, -0.1) is 0 Å². The topological polar surface area (TPSA) is 24.5 Å². The third-order valence-electron chi connectivity index (χ3n) is 4.77. The second-order valence-corrected chi connectivity index (χ2v) is 6.32. The molecule has 1 saturated heterocycles. The van der Waals surface area contributed by atoms with Gasteiger partial charge in [0.25, 0.3) is 0 Å². The normalized spacial score (nSPS) is 26.9. The molecule has 1 N–H and O–H groups in total. The van der Waals surface area contributed by atoms with Crippen LogP contribution in [0.2, 0.25) is 0 Å². The van der Waals surface area contributed by atoms with E-state index in [4.69, 9.17) is 4.74 Å². The standard InChI is InChI=1S/C18H28N2O/c1-2-21-12-6-11-20-14-17(15-7-4-3-5-8-15)19-13-18(20)16-9-10-16/h3-5,7-8,16-19H,2,6,9-14H2,1H3. The first-order valence-corrected chi connectivity index (χ1v) is 8.48. The van der Waals surface area contributed by atoms with Gasteiger partial charge in [-0.25, -0.2) is 0 Å². The summed E-state index contributed by atoms with van der Waals surface area (Å²) >= 11 is 0. The average molecular weight is 288 g/mol. The fourth-order valence-corrected chi connectivity index (χ4v) is 3.45. The molecule has 1 aliphatic carbocycles. The summed E-state index contributed by atoms with van der Waals surface area (Å²) < 4.78 is 5.51. The van der Waals surface area contributed by atoms with Gasteiger partial charge in [0.1, 0.15) is 0 Å². The van der Waals surface area contributed by atoms with E-state index in [2.05, 4.69) is 47.5 Å². The molecule has 0 spiro atoms. The summed E-state index contributed by atoms with van der Waals surface area (Å²) in [6.07, 6.45) is 3.99. The molecule has 0 bridgehead atoms. The molecule has 1 aromatic rings. The van der Waals surface area contributed by atoms with Crippen molar-refractivity contribution in [1.82, 2.24) is 10.2 Å². The lowest BCUT2D eigenvalue weighted by Gasteiger charge is -2.41. The number of hydrogen-bond donors (Lipinski definition) is 1. The van der Waals surface area contributed by atoms with Gasteiger partial charge in [-0.05, 0) is 37.7 Å². The van der Waals surface area contributed by atoms with Gasteiger partial charge >= 0.3 is 0 Å². The zero-order chi connectivity index (χ0) is 14.5. The molecule has 1 aliphatic heterocycles. The minimum absolute atomic E-state index is 0.480. The minimum atomic E-state index is 0.480. The van der Waals surface area contributed by atoms with Gasteiger partial charge in [0, 0.05) is 44.9 Å². The Labute approximate surface area is 128 Å². The Morgan fingerprint density at radius 2 is 2.05 bits per heavy atom. The van der Waals surface area contributed by atoms with Gasteiger partial charge in [0.05, 0.1) is 0 Å². The summed E-state index contributed by atoms with van der Waals surface area (Å²) in [6.45, 7) is 7.25.